The van der Waals surface area contributed by atoms with Crippen molar-refractivity contribution in [2.24, 2.45) is 0 Å². The highest BCUT2D eigenvalue weighted by molar-refractivity contribution is 6.00. The van der Waals surface area contributed by atoms with Crippen LogP contribution in [0.25, 0.3) is 0 Å². The molecule has 1 aromatic carbocycles. The minimum Gasteiger partial charge on any atom is -0.395 e. The first kappa shape index (κ1) is 15.9. The lowest BCUT2D eigenvalue weighted by molar-refractivity contribution is -0.117. The maximum absolute atomic E-state index is 11.7. The number of carbonyl (C=O) groups is 1. The number of fused-ring (bicyclic) bond motifs is 1. The highest BCUT2D eigenvalue weighted by atomic mass is 16.3. The van der Waals surface area contributed by atoms with Crippen molar-refractivity contribution in [3.8, 4) is 0 Å². The Balaban J connectivity index is 1.93. The van der Waals surface area contributed by atoms with Gasteiger partial charge in [-0.15, -0.1) is 0 Å². The number of aliphatic hydroxyl groups excluding tert-OH is 2. The summed E-state index contributed by atoms with van der Waals surface area (Å²) in [5.74, 6) is 0.0899. The van der Waals surface area contributed by atoms with Crippen LogP contribution in [-0.2, 0) is 11.2 Å². The summed E-state index contributed by atoms with van der Waals surface area (Å²) in [7, 11) is 1.77. The van der Waals surface area contributed by atoms with Gasteiger partial charge in [-0.05, 0) is 36.6 Å². The van der Waals surface area contributed by atoms with E-state index >= 15 is 0 Å². The fourth-order valence-corrected chi connectivity index (χ4v) is 2.63. The predicted molar refractivity (Wildman–Crippen MR) is 82.3 cm³/mol. The van der Waals surface area contributed by atoms with Crippen molar-refractivity contribution >= 4 is 11.6 Å². The summed E-state index contributed by atoms with van der Waals surface area (Å²) in [6, 6.07) is 5.78. The zero-order valence-corrected chi connectivity index (χ0v) is 12.7. The van der Waals surface area contributed by atoms with Crippen molar-refractivity contribution in [1.29, 1.82) is 0 Å². The molecule has 0 fully saturated rings. The van der Waals surface area contributed by atoms with Crippen LogP contribution >= 0.6 is 0 Å². The molecule has 1 aliphatic heterocycles. The molecule has 116 valence electrons. The molecule has 0 saturated carbocycles. The summed E-state index contributed by atoms with van der Waals surface area (Å²) in [5.41, 5.74) is 2.75. The van der Waals surface area contributed by atoms with Crippen LogP contribution in [0.2, 0.25) is 0 Å². The number of rotatable bonds is 7. The van der Waals surface area contributed by atoms with E-state index in [0.29, 0.717) is 19.4 Å². The molecule has 0 saturated heterocycles. The van der Waals surface area contributed by atoms with Gasteiger partial charge in [0.05, 0.1) is 19.1 Å². The summed E-state index contributed by atoms with van der Waals surface area (Å²) in [6.07, 6.45) is 1.30. The Morgan fingerprint density at radius 3 is 2.86 bits per heavy atom. The molecule has 2 unspecified atom stereocenters. The molecular formula is C16H24N2O3. The number of carbonyl (C=O) groups excluding carboxylic acids is 1. The van der Waals surface area contributed by atoms with Gasteiger partial charge in [0.15, 0.2) is 0 Å². The molecule has 2 atom stereocenters. The van der Waals surface area contributed by atoms with Gasteiger partial charge >= 0.3 is 0 Å². The summed E-state index contributed by atoms with van der Waals surface area (Å²) in [6.45, 7) is 2.77. The van der Waals surface area contributed by atoms with Crippen LogP contribution in [0.1, 0.15) is 37.0 Å². The van der Waals surface area contributed by atoms with Gasteiger partial charge in [0.1, 0.15) is 0 Å². The number of benzene rings is 1. The molecule has 1 aliphatic rings. The quantitative estimate of drug-likeness (QED) is 0.701. The summed E-state index contributed by atoms with van der Waals surface area (Å²) in [4.78, 5) is 13.3. The SMILES string of the molecule is CCC(CO)NCCC(O)c1ccc2c(c1)CC(=O)N2C. The van der Waals surface area contributed by atoms with Crippen molar-refractivity contribution in [1.82, 2.24) is 5.32 Å². The van der Waals surface area contributed by atoms with Crippen molar-refractivity contribution in [3.63, 3.8) is 0 Å². The lowest BCUT2D eigenvalue weighted by Crippen LogP contribution is -2.33. The van der Waals surface area contributed by atoms with Crippen molar-refractivity contribution < 1.29 is 15.0 Å². The first-order valence-corrected chi connectivity index (χ1v) is 7.48. The van der Waals surface area contributed by atoms with Crippen LogP contribution in [0.4, 0.5) is 5.69 Å². The second-order valence-corrected chi connectivity index (χ2v) is 5.56. The molecule has 0 bridgehead atoms. The highest BCUT2D eigenvalue weighted by Crippen LogP contribution is 2.30. The molecule has 3 N–H and O–H groups in total. The second kappa shape index (κ2) is 7.02. The van der Waals surface area contributed by atoms with Crippen LogP contribution in [0, 0.1) is 0 Å². The summed E-state index contributed by atoms with van der Waals surface area (Å²) >= 11 is 0. The average molecular weight is 292 g/mol. The molecule has 21 heavy (non-hydrogen) atoms. The number of likely N-dealkylation sites (N-methyl/N-ethyl adjacent to an activating group) is 1. The lowest BCUT2D eigenvalue weighted by Gasteiger charge is -2.17. The standard InChI is InChI=1S/C16H24N2O3/c1-3-13(10-19)17-7-6-15(20)11-4-5-14-12(8-11)9-16(21)18(14)2/h4-5,8,13,15,17,19-20H,3,6-7,9-10H2,1-2H3. The molecule has 1 heterocycles. The third-order valence-corrected chi connectivity index (χ3v) is 4.13. The fraction of sp³-hybridized carbons (Fsp3) is 0.562. The molecule has 1 aromatic rings. The molecule has 2 rings (SSSR count). The molecule has 0 aromatic heterocycles. The molecule has 0 radical (unpaired) electrons. The molecule has 5 nitrogen and oxygen atoms in total. The topological polar surface area (TPSA) is 72.8 Å². The molecule has 0 spiro atoms. The second-order valence-electron chi connectivity index (χ2n) is 5.56. The number of anilines is 1. The number of hydrogen-bond donors (Lipinski definition) is 3. The first-order chi connectivity index (χ1) is 10.1. The summed E-state index contributed by atoms with van der Waals surface area (Å²) < 4.78 is 0. The van der Waals surface area contributed by atoms with Crippen LogP contribution in [-0.4, -0.2) is 42.4 Å². The third kappa shape index (κ3) is 3.61. The maximum Gasteiger partial charge on any atom is 0.231 e. The van der Waals surface area contributed by atoms with E-state index in [9.17, 15) is 9.90 Å². The molecule has 1 amide bonds. The van der Waals surface area contributed by atoms with Crippen molar-refractivity contribution in [2.45, 2.75) is 38.3 Å². The van der Waals surface area contributed by atoms with Gasteiger partial charge in [0.25, 0.3) is 0 Å². The Bertz CT molecular complexity index is 500. The predicted octanol–water partition coefficient (Wildman–Crippen LogP) is 0.989. The van der Waals surface area contributed by atoms with Gasteiger partial charge < -0.3 is 20.4 Å². The Labute approximate surface area is 125 Å². The van der Waals surface area contributed by atoms with E-state index in [1.165, 1.54) is 0 Å². The van der Waals surface area contributed by atoms with E-state index in [4.69, 9.17) is 5.11 Å². The van der Waals surface area contributed by atoms with Gasteiger partial charge in [-0.25, -0.2) is 0 Å². The van der Waals surface area contributed by atoms with Crippen LogP contribution < -0.4 is 10.2 Å². The Morgan fingerprint density at radius 1 is 1.43 bits per heavy atom. The van der Waals surface area contributed by atoms with Crippen LogP contribution in [0.15, 0.2) is 18.2 Å². The minimum absolute atomic E-state index is 0.0866. The smallest absolute Gasteiger partial charge is 0.231 e. The van der Waals surface area contributed by atoms with E-state index < -0.39 is 6.10 Å². The number of aliphatic hydroxyl groups is 2. The van der Waals surface area contributed by atoms with Gasteiger partial charge in [0, 0.05) is 18.8 Å². The third-order valence-electron chi connectivity index (χ3n) is 4.13. The molecule has 5 heteroatoms. The Morgan fingerprint density at radius 2 is 2.19 bits per heavy atom. The zero-order chi connectivity index (χ0) is 15.4. The van der Waals surface area contributed by atoms with Gasteiger partial charge in [-0.2, -0.15) is 0 Å². The van der Waals surface area contributed by atoms with Gasteiger partial charge in [0.2, 0.25) is 5.91 Å². The zero-order valence-electron chi connectivity index (χ0n) is 12.7. The Kier molecular flexibility index (Phi) is 5.33. The van der Waals surface area contributed by atoms with E-state index in [-0.39, 0.29) is 18.6 Å². The minimum atomic E-state index is -0.556. The summed E-state index contributed by atoms with van der Waals surface area (Å²) in [5, 5.41) is 22.6. The van der Waals surface area contributed by atoms with E-state index in [0.717, 1.165) is 23.2 Å². The van der Waals surface area contributed by atoms with Crippen molar-refractivity contribution in [3.05, 3.63) is 29.3 Å². The largest absolute Gasteiger partial charge is 0.395 e. The van der Waals surface area contributed by atoms with Crippen molar-refractivity contribution in [2.75, 3.05) is 25.1 Å². The molecule has 0 aliphatic carbocycles. The average Bonchev–Trinajstić information content (AvgIpc) is 2.78. The Hall–Kier alpha value is -1.43. The van der Waals surface area contributed by atoms with Gasteiger partial charge in [-0.3, -0.25) is 4.79 Å². The maximum atomic E-state index is 11.7. The molecular weight excluding hydrogens is 268 g/mol. The lowest BCUT2D eigenvalue weighted by atomic mass is 10.0. The number of hydrogen-bond acceptors (Lipinski definition) is 4. The number of nitrogens with zero attached hydrogens (tertiary/aromatic N) is 1. The van der Waals surface area contributed by atoms with Crippen LogP contribution in [0.3, 0.4) is 0 Å². The normalized spacial score (nSPS) is 17.0. The van der Waals surface area contributed by atoms with E-state index in [1.54, 1.807) is 11.9 Å². The van der Waals surface area contributed by atoms with E-state index in [2.05, 4.69) is 5.32 Å². The first-order valence-electron chi connectivity index (χ1n) is 7.48. The highest BCUT2D eigenvalue weighted by Gasteiger charge is 2.24. The van der Waals surface area contributed by atoms with Crippen LogP contribution in [0.5, 0.6) is 0 Å². The van der Waals surface area contributed by atoms with Gasteiger partial charge in [-0.1, -0.05) is 19.1 Å². The fourth-order valence-electron chi connectivity index (χ4n) is 2.63. The monoisotopic (exact) mass is 292 g/mol. The number of amides is 1. The van der Waals surface area contributed by atoms with E-state index in [1.807, 2.05) is 25.1 Å². The number of nitrogens with one attached hydrogen (secondary N) is 1.